The summed E-state index contributed by atoms with van der Waals surface area (Å²) in [6, 6.07) is 6.02. The van der Waals surface area contributed by atoms with Gasteiger partial charge in [-0.2, -0.15) is 0 Å². The van der Waals surface area contributed by atoms with Gasteiger partial charge in [0.1, 0.15) is 18.3 Å². The lowest BCUT2D eigenvalue weighted by Gasteiger charge is -2.34. The number of alkyl halides is 1. The summed E-state index contributed by atoms with van der Waals surface area (Å²) in [7, 11) is 1.45. The highest BCUT2D eigenvalue weighted by molar-refractivity contribution is 5.95. The van der Waals surface area contributed by atoms with Crippen LogP contribution in [0.4, 0.5) is 4.39 Å². The van der Waals surface area contributed by atoms with Crippen molar-refractivity contribution in [2.24, 2.45) is 17.6 Å². The van der Waals surface area contributed by atoms with Crippen LogP contribution in [0.3, 0.4) is 0 Å². The van der Waals surface area contributed by atoms with E-state index in [1.54, 1.807) is 13.8 Å². The Morgan fingerprint density at radius 3 is 2.17 bits per heavy atom. The predicted molar refractivity (Wildman–Crippen MR) is 113 cm³/mol. The van der Waals surface area contributed by atoms with Crippen LogP contribution in [0, 0.1) is 11.8 Å². The van der Waals surface area contributed by atoms with Gasteiger partial charge in [-0.15, -0.1) is 0 Å². The molecule has 1 aromatic rings. The molecule has 1 aromatic carbocycles. The number of carbonyl (C=O) groups is 3. The first-order valence-electron chi connectivity index (χ1n) is 10.1. The van der Waals surface area contributed by atoms with Crippen LogP contribution in [0.25, 0.3) is 0 Å². The van der Waals surface area contributed by atoms with Gasteiger partial charge in [-0.25, -0.2) is 9.18 Å². The van der Waals surface area contributed by atoms with E-state index in [0.29, 0.717) is 0 Å². The first kappa shape index (κ1) is 25.7. The number of esters is 1. The Labute approximate surface area is 177 Å². The summed E-state index contributed by atoms with van der Waals surface area (Å²) in [6.07, 6.45) is 0. The summed E-state index contributed by atoms with van der Waals surface area (Å²) in [5.74, 6) is -3.40. The molecule has 0 saturated heterocycles. The van der Waals surface area contributed by atoms with Crippen molar-refractivity contribution in [3.05, 3.63) is 35.9 Å². The molecule has 1 rings (SSSR count). The number of hydrogen-bond acceptors (Lipinski definition) is 6. The fraction of sp³-hybridized carbons (Fsp3) is 0.591. The van der Waals surface area contributed by atoms with Crippen LogP contribution in [-0.4, -0.2) is 48.5 Å². The Morgan fingerprint density at radius 1 is 1.13 bits per heavy atom. The van der Waals surface area contributed by atoms with Gasteiger partial charge in [0.05, 0.1) is 18.0 Å². The minimum Gasteiger partial charge on any atom is -0.459 e. The number of Topliss-reactive ketones (excluding diaryl/α,β-unsaturated/α-hetero) is 1. The summed E-state index contributed by atoms with van der Waals surface area (Å²) >= 11 is 0. The molecule has 4 atom stereocenters. The molecule has 0 saturated carbocycles. The highest BCUT2D eigenvalue weighted by atomic mass is 19.1. The fourth-order valence-corrected chi connectivity index (χ4v) is 3.10. The molecule has 7 nitrogen and oxygen atoms in total. The summed E-state index contributed by atoms with van der Waals surface area (Å²) in [4.78, 5) is 37.9. The number of nitrogens with one attached hydrogen (secondary N) is 2. The van der Waals surface area contributed by atoms with E-state index in [9.17, 15) is 18.8 Å². The highest BCUT2D eigenvalue weighted by Gasteiger charge is 2.46. The number of nitrogens with two attached hydrogens (primary N) is 1. The summed E-state index contributed by atoms with van der Waals surface area (Å²) < 4.78 is 20.2. The Hall–Kier alpha value is -2.32. The van der Waals surface area contributed by atoms with Gasteiger partial charge < -0.3 is 21.1 Å². The Bertz CT molecular complexity index is 719. The van der Waals surface area contributed by atoms with Gasteiger partial charge in [0.2, 0.25) is 5.91 Å². The number of likely N-dealkylation sites (N-methyl/N-ethyl adjacent to an activating group) is 1. The number of rotatable bonds is 11. The molecule has 1 amide bonds. The second-order valence-electron chi connectivity index (χ2n) is 8.30. The van der Waals surface area contributed by atoms with E-state index in [1.807, 2.05) is 30.3 Å². The van der Waals surface area contributed by atoms with E-state index in [2.05, 4.69) is 10.6 Å². The van der Waals surface area contributed by atoms with Crippen LogP contribution in [0.5, 0.6) is 0 Å². The SMILES string of the molecule is CN[C@H](C(=O)N[C@@H](C)C(=O)OCc1ccccc1)C(C(=O)[C@@H](N)C(C)C)C(C)(C)F. The molecule has 0 bridgehead atoms. The largest absolute Gasteiger partial charge is 0.459 e. The molecular weight excluding hydrogens is 389 g/mol. The van der Waals surface area contributed by atoms with E-state index < -0.39 is 47.4 Å². The average Bonchev–Trinajstić information content (AvgIpc) is 2.68. The Kier molecular flexibility index (Phi) is 9.58. The summed E-state index contributed by atoms with van der Waals surface area (Å²) in [6.45, 7) is 7.51. The number of halogens is 1. The van der Waals surface area contributed by atoms with Crippen molar-refractivity contribution < 1.29 is 23.5 Å². The third-order valence-electron chi connectivity index (χ3n) is 4.96. The molecule has 0 aromatic heterocycles. The first-order valence-corrected chi connectivity index (χ1v) is 10.1. The topological polar surface area (TPSA) is 111 Å². The summed E-state index contributed by atoms with van der Waals surface area (Å²) in [5, 5.41) is 5.21. The van der Waals surface area contributed by atoms with Crippen molar-refractivity contribution >= 4 is 17.7 Å². The molecule has 0 radical (unpaired) electrons. The molecule has 0 heterocycles. The van der Waals surface area contributed by atoms with Crippen molar-refractivity contribution in [1.29, 1.82) is 0 Å². The first-order chi connectivity index (χ1) is 13.9. The van der Waals surface area contributed by atoms with E-state index in [1.165, 1.54) is 27.8 Å². The number of carbonyl (C=O) groups excluding carboxylic acids is 3. The zero-order valence-corrected chi connectivity index (χ0v) is 18.6. The van der Waals surface area contributed by atoms with Crippen LogP contribution in [0.2, 0.25) is 0 Å². The molecule has 30 heavy (non-hydrogen) atoms. The lowest BCUT2D eigenvalue weighted by Crippen LogP contribution is -2.60. The third-order valence-corrected chi connectivity index (χ3v) is 4.96. The van der Waals surface area contributed by atoms with Crippen LogP contribution in [0.15, 0.2) is 30.3 Å². The van der Waals surface area contributed by atoms with E-state index in [4.69, 9.17) is 10.5 Å². The van der Waals surface area contributed by atoms with Gasteiger partial charge in [-0.3, -0.25) is 9.59 Å². The second-order valence-corrected chi connectivity index (χ2v) is 8.30. The monoisotopic (exact) mass is 423 g/mol. The smallest absolute Gasteiger partial charge is 0.328 e. The quantitative estimate of drug-likeness (QED) is 0.468. The molecule has 0 aliphatic rings. The van der Waals surface area contributed by atoms with Gasteiger partial charge in [-0.1, -0.05) is 44.2 Å². The molecule has 168 valence electrons. The Balaban J connectivity index is 2.87. The number of amides is 1. The van der Waals surface area contributed by atoms with Gasteiger partial charge in [-0.05, 0) is 39.3 Å². The minimum absolute atomic E-state index is 0.0667. The average molecular weight is 424 g/mol. The number of ether oxygens (including phenoxy) is 1. The van der Waals surface area contributed by atoms with Crippen LogP contribution < -0.4 is 16.4 Å². The number of ketones is 1. The van der Waals surface area contributed by atoms with Crippen LogP contribution in [-0.2, 0) is 25.7 Å². The number of hydrogen-bond donors (Lipinski definition) is 3. The molecule has 0 fully saturated rings. The number of benzene rings is 1. The van der Waals surface area contributed by atoms with Crippen molar-refractivity contribution in [2.45, 2.75) is 65.0 Å². The fourth-order valence-electron chi connectivity index (χ4n) is 3.10. The molecule has 8 heteroatoms. The van der Waals surface area contributed by atoms with E-state index in [-0.39, 0.29) is 12.5 Å². The van der Waals surface area contributed by atoms with Crippen molar-refractivity contribution in [1.82, 2.24) is 10.6 Å². The highest BCUT2D eigenvalue weighted by Crippen LogP contribution is 2.28. The van der Waals surface area contributed by atoms with Crippen molar-refractivity contribution in [3.63, 3.8) is 0 Å². The normalized spacial score (nSPS) is 15.8. The molecule has 0 aliphatic carbocycles. The molecule has 1 unspecified atom stereocenters. The standard InChI is InChI=1S/C22H34FN3O4/c1-13(2)17(24)19(27)16(22(4,5)23)18(25-6)20(28)26-14(3)21(29)30-12-15-10-8-7-9-11-15/h7-11,13-14,16-18,25H,12,24H2,1-6H3,(H,26,28)/t14-,16?,17-,18-/m0/s1. The lowest BCUT2D eigenvalue weighted by molar-refractivity contribution is -0.149. The second kappa shape index (κ2) is 11.2. The zero-order valence-electron chi connectivity index (χ0n) is 18.6. The molecule has 0 spiro atoms. The van der Waals surface area contributed by atoms with E-state index in [0.717, 1.165) is 5.56 Å². The van der Waals surface area contributed by atoms with Crippen LogP contribution in [0.1, 0.15) is 40.2 Å². The van der Waals surface area contributed by atoms with Gasteiger partial charge in [0.25, 0.3) is 0 Å². The maximum Gasteiger partial charge on any atom is 0.328 e. The maximum atomic E-state index is 14.9. The van der Waals surface area contributed by atoms with Gasteiger partial charge in [0.15, 0.2) is 5.78 Å². The van der Waals surface area contributed by atoms with Crippen LogP contribution >= 0.6 is 0 Å². The van der Waals surface area contributed by atoms with Crippen molar-refractivity contribution in [3.8, 4) is 0 Å². The van der Waals surface area contributed by atoms with Crippen molar-refractivity contribution in [2.75, 3.05) is 7.05 Å². The Morgan fingerprint density at radius 2 is 1.70 bits per heavy atom. The molecule has 4 N–H and O–H groups in total. The maximum absolute atomic E-state index is 14.9. The zero-order chi connectivity index (χ0) is 23.1. The van der Waals surface area contributed by atoms with Gasteiger partial charge in [0, 0.05) is 0 Å². The van der Waals surface area contributed by atoms with Gasteiger partial charge >= 0.3 is 5.97 Å². The van der Waals surface area contributed by atoms with E-state index >= 15 is 0 Å². The summed E-state index contributed by atoms with van der Waals surface area (Å²) in [5.41, 5.74) is 4.75. The lowest BCUT2D eigenvalue weighted by atomic mass is 9.77. The predicted octanol–water partition coefficient (Wildman–Crippen LogP) is 1.74. The molecule has 0 aliphatic heterocycles. The molecular formula is C22H34FN3O4. The minimum atomic E-state index is -2.01. The third kappa shape index (κ3) is 7.18.